The fourth-order valence-electron chi connectivity index (χ4n) is 8.92. The summed E-state index contributed by atoms with van der Waals surface area (Å²) in [7, 11) is 0. The maximum Gasteiger partial charge on any atom is 0.235 e. The van der Waals surface area contributed by atoms with E-state index in [9.17, 15) is 24.9 Å². The number of aromatic hydroxyl groups is 3. The first-order valence-corrected chi connectivity index (χ1v) is 15.0. The number of carbonyl (C=O) groups is 3. The highest BCUT2D eigenvalue weighted by atomic mass is 16.5. The van der Waals surface area contributed by atoms with E-state index in [2.05, 4.69) is 45.2 Å². The summed E-state index contributed by atoms with van der Waals surface area (Å²) in [5.41, 5.74) is 1.77. The fraction of sp³-hybridized carbons (Fsp3) is 0.606. The molecule has 5 aliphatic rings. The number of fused-ring (bicyclic) bond motifs is 8. The van der Waals surface area contributed by atoms with E-state index in [1.807, 2.05) is 6.92 Å². The van der Waals surface area contributed by atoms with Gasteiger partial charge in [-0.15, -0.1) is 0 Å². The average molecular weight is 564 g/mol. The number of amides is 1. The number of phenols is 3. The van der Waals surface area contributed by atoms with Crippen molar-refractivity contribution < 1.29 is 34.4 Å². The molecule has 8 nitrogen and oxygen atoms in total. The first-order valence-electron chi connectivity index (χ1n) is 15.0. The summed E-state index contributed by atoms with van der Waals surface area (Å²) in [6, 6.07) is -0.205. The molecule has 4 N–H and O–H groups in total. The molecule has 3 heterocycles. The Labute approximate surface area is 240 Å². The molecule has 2 aliphatic carbocycles. The van der Waals surface area contributed by atoms with Crippen molar-refractivity contribution in [3.8, 4) is 17.2 Å². The average Bonchev–Trinajstić information content (AvgIpc) is 3.56. The van der Waals surface area contributed by atoms with Gasteiger partial charge < -0.3 is 25.4 Å². The highest BCUT2D eigenvalue weighted by Crippen LogP contribution is 2.67. The third-order valence-electron chi connectivity index (χ3n) is 10.8. The smallest absolute Gasteiger partial charge is 0.235 e. The number of rotatable bonds is 2. The Morgan fingerprint density at radius 2 is 1.63 bits per heavy atom. The van der Waals surface area contributed by atoms with Crippen molar-refractivity contribution in [1.82, 2.24) is 5.32 Å². The summed E-state index contributed by atoms with van der Waals surface area (Å²) in [6.45, 7) is 12.0. The minimum atomic E-state index is -1.44. The predicted octanol–water partition coefficient (Wildman–Crippen LogP) is 5.10. The van der Waals surface area contributed by atoms with Gasteiger partial charge in [0.15, 0.2) is 17.3 Å². The van der Waals surface area contributed by atoms with Gasteiger partial charge in [-0.05, 0) is 57.4 Å². The molecule has 41 heavy (non-hydrogen) atoms. The maximum absolute atomic E-state index is 15.3. The molecule has 1 amide bonds. The molecule has 1 aromatic carbocycles. The molecule has 0 radical (unpaired) electrons. The molecule has 6 rings (SSSR count). The Bertz CT molecular complexity index is 1420. The van der Waals surface area contributed by atoms with Gasteiger partial charge in [0.2, 0.25) is 11.7 Å². The van der Waals surface area contributed by atoms with E-state index in [1.54, 1.807) is 6.92 Å². The number of Topliss-reactive ketones (excluding diaryl/α,β-unsaturated/α-hetero) is 2. The van der Waals surface area contributed by atoms with E-state index in [-0.39, 0.29) is 47.3 Å². The van der Waals surface area contributed by atoms with Crippen LogP contribution in [0.5, 0.6) is 17.2 Å². The lowest BCUT2D eigenvalue weighted by Gasteiger charge is -2.47. The van der Waals surface area contributed by atoms with Gasteiger partial charge in [-0.2, -0.15) is 0 Å². The minimum absolute atomic E-state index is 0.0469. The van der Waals surface area contributed by atoms with Gasteiger partial charge in [0.1, 0.15) is 11.2 Å². The van der Waals surface area contributed by atoms with Crippen LogP contribution in [0.4, 0.5) is 0 Å². The molecule has 9 atom stereocenters. The summed E-state index contributed by atoms with van der Waals surface area (Å²) < 4.78 is 6.36. The summed E-state index contributed by atoms with van der Waals surface area (Å²) in [6.07, 6.45) is 4.54. The summed E-state index contributed by atoms with van der Waals surface area (Å²) in [5, 5.41) is 35.3. The van der Waals surface area contributed by atoms with Gasteiger partial charge in [-0.3, -0.25) is 14.4 Å². The Kier molecular flexibility index (Phi) is 6.45. The second-order valence-electron chi connectivity index (χ2n) is 13.6. The Hall–Kier alpha value is -3.13. The monoisotopic (exact) mass is 563 g/mol. The van der Waals surface area contributed by atoms with Crippen molar-refractivity contribution in [1.29, 1.82) is 0 Å². The number of carbonyl (C=O) groups excluding carboxylic acids is 3. The summed E-state index contributed by atoms with van der Waals surface area (Å²) in [5.74, 6) is -4.81. The fourth-order valence-corrected chi connectivity index (χ4v) is 8.92. The number of hydrogen-bond donors (Lipinski definition) is 4. The molecular weight excluding hydrogens is 522 g/mol. The van der Waals surface area contributed by atoms with Crippen molar-refractivity contribution in [2.24, 2.45) is 40.9 Å². The quantitative estimate of drug-likeness (QED) is 0.224. The van der Waals surface area contributed by atoms with E-state index in [4.69, 9.17) is 4.74 Å². The van der Waals surface area contributed by atoms with Crippen LogP contribution in [0.15, 0.2) is 23.3 Å². The predicted molar refractivity (Wildman–Crippen MR) is 151 cm³/mol. The molecule has 2 bridgehead atoms. The molecule has 1 aromatic rings. The van der Waals surface area contributed by atoms with E-state index >= 15 is 4.79 Å². The number of ketones is 2. The number of hydrogen-bond acceptors (Lipinski definition) is 7. The van der Waals surface area contributed by atoms with Crippen LogP contribution in [0.2, 0.25) is 0 Å². The largest absolute Gasteiger partial charge is 0.504 e. The lowest BCUT2D eigenvalue weighted by Crippen LogP contribution is -2.56. The van der Waals surface area contributed by atoms with E-state index < -0.39 is 52.6 Å². The molecular formula is C33H41NO7. The zero-order valence-electron chi connectivity index (χ0n) is 24.7. The molecule has 0 aromatic heterocycles. The zero-order valence-corrected chi connectivity index (χ0v) is 24.7. The molecule has 1 spiro atoms. The van der Waals surface area contributed by atoms with Crippen LogP contribution in [-0.2, 0) is 19.1 Å². The highest BCUT2D eigenvalue weighted by molar-refractivity contribution is 6.12. The van der Waals surface area contributed by atoms with E-state index in [0.29, 0.717) is 29.9 Å². The van der Waals surface area contributed by atoms with Gasteiger partial charge in [-0.25, -0.2) is 0 Å². The number of ether oxygens (including phenoxy) is 1. The van der Waals surface area contributed by atoms with Crippen LogP contribution in [-0.4, -0.2) is 38.8 Å². The van der Waals surface area contributed by atoms with E-state index in [0.717, 1.165) is 17.6 Å². The van der Waals surface area contributed by atoms with Crippen molar-refractivity contribution in [3.05, 3.63) is 40.0 Å². The first-order chi connectivity index (χ1) is 19.3. The zero-order chi connectivity index (χ0) is 29.7. The minimum Gasteiger partial charge on any atom is -0.504 e. The standard InChI is InChI=1S/C33H41NO7/c1-13(2)10-19-25-16(5)15(4)12-18-11-14(3)8-7-9-20(35)22-24(31(39)33(18,25)32(40)34-19)30-23-21(29(22)41-30)17(6)26(36)28(38)27(23)37/h11-13,16,18-19,22,24-25,29-30,36-38H,7-10H2,1-6H3,(H,34,40). The van der Waals surface area contributed by atoms with Crippen LogP contribution in [0.3, 0.4) is 0 Å². The molecule has 0 saturated carbocycles. The Morgan fingerprint density at radius 1 is 0.951 bits per heavy atom. The van der Waals surface area contributed by atoms with Gasteiger partial charge in [-0.1, -0.05) is 44.1 Å². The van der Waals surface area contributed by atoms with Crippen molar-refractivity contribution in [3.63, 3.8) is 0 Å². The third-order valence-corrected chi connectivity index (χ3v) is 10.8. The van der Waals surface area contributed by atoms with Gasteiger partial charge >= 0.3 is 0 Å². The van der Waals surface area contributed by atoms with Gasteiger partial charge in [0.25, 0.3) is 0 Å². The van der Waals surface area contributed by atoms with Crippen LogP contribution >= 0.6 is 0 Å². The Morgan fingerprint density at radius 3 is 2.32 bits per heavy atom. The summed E-state index contributed by atoms with van der Waals surface area (Å²) in [4.78, 5) is 43.7. The van der Waals surface area contributed by atoms with Gasteiger partial charge in [0, 0.05) is 35.4 Å². The molecule has 2 saturated heterocycles. The lowest BCUT2D eigenvalue weighted by atomic mass is 9.51. The molecule has 2 fully saturated rings. The molecule has 220 valence electrons. The van der Waals surface area contributed by atoms with Crippen LogP contribution in [0.1, 0.15) is 89.2 Å². The molecule has 9 unspecified atom stereocenters. The molecule has 3 aliphatic heterocycles. The first kappa shape index (κ1) is 28.0. The lowest BCUT2D eigenvalue weighted by molar-refractivity contribution is -0.151. The van der Waals surface area contributed by atoms with Crippen molar-refractivity contribution >= 4 is 17.5 Å². The Balaban J connectivity index is 1.60. The highest BCUT2D eigenvalue weighted by Gasteiger charge is 2.70. The number of nitrogens with one attached hydrogen (secondary N) is 1. The number of benzene rings is 1. The van der Waals surface area contributed by atoms with Crippen molar-refractivity contribution in [2.75, 3.05) is 0 Å². The topological polar surface area (TPSA) is 133 Å². The van der Waals surface area contributed by atoms with Crippen LogP contribution < -0.4 is 5.32 Å². The van der Waals surface area contributed by atoms with Crippen LogP contribution in [0.25, 0.3) is 0 Å². The normalized spacial score (nSPS) is 38.0. The number of phenolic OH excluding ortho intramolecular Hbond substituents is 3. The van der Waals surface area contributed by atoms with Crippen molar-refractivity contribution in [2.45, 2.75) is 85.5 Å². The van der Waals surface area contributed by atoms with E-state index in [1.165, 1.54) is 0 Å². The van der Waals surface area contributed by atoms with Gasteiger partial charge in [0.05, 0.1) is 24.0 Å². The molecule has 8 heteroatoms. The second kappa shape index (κ2) is 9.45. The third kappa shape index (κ3) is 3.65. The maximum atomic E-state index is 15.3. The summed E-state index contributed by atoms with van der Waals surface area (Å²) >= 11 is 0. The number of allylic oxidation sites excluding steroid dienone is 4. The SMILES string of the molecule is CC1=CC2C=C(C)C(C)C3C(CC(C)C)NC(=O)C23C(=O)C2C3OC(c4c(C)c(O)c(O)c(O)c43)C2C(=O)CCC1. The van der Waals surface area contributed by atoms with Crippen LogP contribution in [0, 0.1) is 47.8 Å². The second-order valence-corrected chi connectivity index (χ2v) is 13.6.